The molecule has 19 heavy (non-hydrogen) atoms. The molecule has 1 atom stereocenters. The molecule has 0 fully saturated rings. The van der Waals surface area contributed by atoms with Gasteiger partial charge in [-0.15, -0.1) is 0 Å². The third-order valence-corrected chi connectivity index (χ3v) is 2.28. The highest BCUT2D eigenvalue weighted by Crippen LogP contribution is 2.22. The summed E-state index contributed by atoms with van der Waals surface area (Å²) < 4.78 is 10.4. The van der Waals surface area contributed by atoms with Gasteiger partial charge >= 0.3 is 0 Å². The molecule has 0 bridgehead atoms. The summed E-state index contributed by atoms with van der Waals surface area (Å²) in [5.41, 5.74) is -0.0479. The summed E-state index contributed by atoms with van der Waals surface area (Å²) in [4.78, 5) is 14.6. The second kappa shape index (κ2) is 7.52. The lowest BCUT2D eigenvalue weighted by atomic mass is 10.3. The lowest BCUT2D eigenvalue weighted by Crippen LogP contribution is -2.19. The van der Waals surface area contributed by atoms with E-state index in [9.17, 15) is 10.1 Å². The van der Waals surface area contributed by atoms with E-state index in [1.807, 2.05) is 13.8 Å². The first-order chi connectivity index (χ1) is 9.06. The largest absolute Gasteiger partial charge is 0.472 e. The van der Waals surface area contributed by atoms with Crippen molar-refractivity contribution >= 4 is 11.5 Å². The van der Waals surface area contributed by atoms with Gasteiger partial charge in [0, 0.05) is 13.7 Å². The second-order valence-corrected chi connectivity index (χ2v) is 4.12. The summed E-state index contributed by atoms with van der Waals surface area (Å²) in [5, 5.41) is 13.9. The number of nitrogens with one attached hydrogen (secondary N) is 1. The molecule has 1 unspecified atom stereocenters. The molecule has 7 nitrogen and oxygen atoms in total. The van der Waals surface area contributed by atoms with E-state index >= 15 is 0 Å². The number of nitrogens with zero attached hydrogens (tertiary/aromatic N) is 2. The van der Waals surface area contributed by atoms with Gasteiger partial charge < -0.3 is 14.8 Å². The van der Waals surface area contributed by atoms with Crippen LogP contribution in [0.15, 0.2) is 12.1 Å². The molecule has 0 aliphatic carbocycles. The molecule has 0 aliphatic rings. The summed E-state index contributed by atoms with van der Waals surface area (Å²) in [6.07, 6.45) is 0.680. The molecule has 1 N–H and O–H groups in total. The average molecular weight is 269 g/mol. The Balaban J connectivity index is 2.89. The Kier molecular flexibility index (Phi) is 6.01. The number of hydrogen-bond acceptors (Lipinski definition) is 6. The summed E-state index contributed by atoms with van der Waals surface area (Å²) in [5.74, 6) is 0.660. The van der Waals surface area contributed by atoms with Crippen LogP contribution in [0.5, 0.6) is 5.88 Å². The molecule has 106 valence electrons. The van der Waals surface area contributed by atoms with Crippen LogP contribution in [0.2, 0.25) is 0 Å². The zero-order valence-electron chi connectivity index (χ0n) is 11.4. The molecule has 1 aromatic heterocycles. The molecule has 0 spiro atoms. The Labute approximate surface area is 112 Å². The molecule has 0 aliphatic heterocycles. The fourth-order valence-corrected chi connectivity index (χ4v) is 1.48. The summed E-state index contributed by atoms with van der Waals surface area (Å²) in [6.45, 7) is 4.90. The van der Waals surface area contributed by atoms with Gasteiger partial charge in [-0.3, -0.25) is 10.1 Å². The van der Waals surface area contributed by atoms with Crippen LogP contribution in [-0.2, 0) is 4.74 Å². The maximum absolute atomic E-state index is 10.9. The smallest absolute Gasteiger partial charge is 0.278 e. The van der Waals surface area contributed by atoms with Crippen molar-refractivity contribution in [3.05, 3.63) is 22.2 Å². The van der Waals surface area contributed by atoms with Crippen LogP contribution in [-0.4, -0.2) is 36.3 Å². The van der Waals surface area contributed by atoms with Crippen LogP contribution in [0.25, 0.3) is 0 Å². The van der Waals surface area contributed by atoms with Crippen molar-refractivity contribution in [2.45, 2.75) is 26.4 Å². The predicted molar refractivity (Wildman–Crippen MR) is 71.6 cm³/mol. The van der Waals surface area contributed by atoms with Crippen LogP contribution >= 0.6 is 0 Å². The Morgan fingerprint density at radius 3 is 2.84 bits per heavy atom. The molecule has 1 heterocycles. The lowest BCUT2D eigenvalue weighted by Gasteiger charge is -2.13. The van der Waals surface area contributed by atoms with E-state index in [0.29, 0.717) is 19.0 Å². The number of methoxy groups -OCH3 is 1. The second-order valence-electron chi connectivity index (χ2n) is 4.12. The third kappa shape index (κ3) is 5.09. The topological polar surface area (TPSA) is 86.5 Å². The number of nitro groups is 1. The number of rotatable bonds is 8. The molecule has 0 radical (unpaired) electrons. The molecule has 0 saturated heterocycles. The molecule has 0 amide bonds. The van der Waals surface area contributed by atoms with Crippen LogP contribution in [0, 0.1) is 10.1 Å². The van der Waals surface area contributed by atoms with Crippen molar-refractivity contribution in [2.24, 2.45) is 0 Å². The highest BCUT2D eigenvalue weighted by Gasteiger charge is 2.14. The lowest BCUT2D eigenvalue weighted by molar-refractivity contribution is -0.384. The monoisotopic (exact) mass is 269 g/mol. The zero-order valence-corrected chi connectivity index (χ0v) is 11.4. The number of pyridine rings is 1. The van der Waals surface area contributed by atoms with Crippen LogP contribution in [0.1, 0.15) is 20.3 Å². The van der Waals surface area contributed by atoms with E-state index in [1.165, 1.54) is 12.1 Å². The standard InChI is InChI=1S/C12H19N3O4/c1-4-5-13-11-6-10(15(16)17)7-12(14-11)19-9(2)8-18-3/h6-7,9H,4-5,8H2,1-3H3,(H,13,14). The number of aromatic nitrogens is 1. The minimum Gasteiger partial charge on any atom is -0.472 e. The highest BCUT2D eigenvalue weighted by molar-refractivity contribution is 5.48. The highest BCUT2D eigenvalue weighted by atomic mass is 16.6. The first-order valence-electron chi connectivity index (χ1n) is 6.12. The summed E-state index contributed by atoms with van der Waals surface area (Å²) >= 11 is 0. The molecular weight excluding hydrogens is 250 g/mol. The normalized spacial score (nSPS) is 11.9. The van der Waals surface area contributed by atoms with E-state index in [2.05, 4.69) is 10.3 Å². The van der Waals surface area contributed by atoms with Gasteiger partial charge in [0.25, 0.3) is 5.69 Å². The molecule has 7 heteroatoms. The molecule has 1 rings (SSSR count). The van der Waals surface area contributed by atoms with Gasteiger partial charge in [0.2, 0.25) is 5.88 Å². The van der Waals surface area contributed by atoms with Crippen molar-refractivity contribution in [2.75, 3.05) is 25.6 Å². The maximum atomic E-state index is 10.9. The van der Waals surface area contributed by atoms with Gasteiger partial charge in [-0.05, 0) is 13.3 Å². The van der Waals surface area contributed by atoms with Crippen molar-refractivity contribution in [3.63, 3.8) is 0 Å². The fourth-order valence-electron chi connectivity index (χ4n) is 1.48. The van der Waals surface area contributed by atoms with Gasteiger partial charge in [0.05, 0.1) is 23.7 Å². The third-order valence-electron chi connectivity index (χ3n) is 2.28. The van der Waals surface area contributed by atoms with E-state index in [0.717, 1.165) is 6.42 Å². The molecular formula is C12H19N3O4. The van der Waals surface area contributed by atoms with E-state index in [1.54, 1.807) is 7.11 Å². The first-order valence-corrected chi connectivity index (χ1v) is 6.12. The van der Waals surface area contributed by atoms with Gasteiger partial charge in [0.15, 0.2) is 0 Å². The average Bonchev–Trinajstić information content (AvgIpc) is 2.36. The quantitative estimate of drug-likeness (QED) is 0.575. The van der Waals surface area contributed by atoms with Crippen molar-refractivity contribution < 1.29 is 14.4 Å². The zero-order chi connectivity index (χ0) is 14.3. The van der Waals surface area contributed by atoms with Crippen molar-refractivity contribution in [1.82, 2.24) is 4.98 Å². The molecule has 1 aromatic rings. The fraction of sp³-hybridized carbons (Fsp3) is 0.583. The Hall–Kier alpha value is -1.89. The minimum absolute atomic E-state index is 0.0479. The Morgan fingerprint density at radius 2 is 2.26 bits per heavy atom. The molecule has 0 aromatic carbocycles. The number of anilines is 1. The van der Waals surface area contributed by atoms with Crippen LogP contribution in [0.3, 0.4) is 0 Å². The van der Waals surface area contributed by atoms with Gasteiger partial charge in [-0.2, -0.15) is 4.98 Å². The number of hydrogen-bond donors (Lipinski definition) is 1. The van der Waals surface area contributed by atoms with Gasteiger partial charge in [-0.25, -0.2) is 0 Å². The summed E-state index contributed by atoms with van der Waals surface area (Å²) in [7, 11) is 1.56. The van der Waals surface area contributed by atoms with Crippen molar-refractivity contribution in [1.29, 1.82) is 0 Å². The van der Waals surface area contributed by atoms with Gasteiger partial charge in [-0.1, -0.05) is 6.92 Å². The Bertz CT molecular complexity index is 425. The number of ether oxygens (including phenoxy) is 2. The first kappa shape index (κ1) is 15.2. The van der Waals surface area contributed by atoms with E-state index in [-0.39, 0.29) is 17.7 Å². The van der Waals surface area contributed by atoms with E-state index in [4.69, 9.17) is 9.47 Å². The Morgan fingerprint density at radius 1 is 1.53 bits per heavy atom. The summed E-state index contributed by atoms with van der Waals surface area (Å²) in [6, 6.07) is 2.70. The van der Waals surface area contributed by atoms with E-state index < -0.39 is 4.92 Å². The minimum atomic E-state index is -0.466. The van der Waals surface area contributed by atoms with Crippen LogP contribution < -0.4 is 10.1 Å². The SMILES string of the molecule is CCCNc1cc([N+](=O)[O-])cc(OC(C)COC)n1. The van der Waals surface area contributed by atoms with Gasteiger partial charge in [0.1, 0.15) is 11.9 Å². The van der Waals surface area contributed by atoms with Crippen LogP contribution in [0.4, 0.5) is 11.5 Å². The maximum Gasteiger partial charge on any atom is 0.278 e. The predicted octanol–water partition coefficient (Wildman–Crippen LogP) is 2.23. The molecule has 0 saturated carbocycles. The van der Waals surface area contributed by atoms with Crippen molar-refractivity contribution in [3.8, 4) is 5.88 Å².